The van der Waals surface area contributed by atoms with Gasteiger partial charge in [-0.15, -0.1) is 0 Å². The van der Waals surface area contributed by atoms with Crippen molar-refractivity contribution in [2.24, 2.45) is 0 Å². The van der Waals surface area contributed by atoms with Crippen LogP contribution in [0.1, 0.15) is 6.92 Å². The van der Waals surface area contributed by atoms with Gasteiger partial charge in [-0.2, -0.15) is 0 Å². The summed E-state index contributed by atoms with van der Waals surface area (Å²) in [7, 11) is 0. The van der Waals surface area contributed by atoms with Gasteiger partial charge in [0.2, 0.25) is 0 Å². The summed E-state index contributed by atoms with van der Waals surface area (Å²) >= 11 is -2.73. The molecule has 0 saturated heterocycles. The molecule has 0 nitrogen and oxygen atoms in total. The van der Waals surface area contributed by atoms with Gasteiger partial charge in [-0.25, -0.2) is 0 Å². The summed E-state index contributed by atoms with van der Waals surface area (Å²) in [6.07, 6.45) is 0. The maximum absolute atomic E-state index is 3.67. The smallest absolute Gasteiger partial charge is 1.00 e. The Hall–Kier alpha value is -1.74. The van der Waals surface area contributed by atoms with Crippen LogP contribution in [-0.2, 0) is 0 Å². The van der Waals surface area contributed by atoms with E-state index in [1.807, 2.05) is 6.92 Å². The van der Waals surface area contributed by atoms with E-state index in [9.17, 15) is 0 Å². The normalized spacial score (nSPS) is 10.1. The van der Waals surface area contributed by atoms with Crippen molar-refractivity contribution in [3.05, 3.63) is 91.0 Å². The molecular formula is C21H18AsBr. The summed E-state index contributed by atoms with van der Waals surface area (Å²) < 4.78 is 7.77. The molecule has 23 heavy (non-hydrogen) atoms. The van der Waals surface area contributed by atoms with Crippen LogP contribution in [0.25, 0.3) is 0 Å². The molecule has 114 valence electrons. The summed E-state index contributed by atoms with van der Waals surface area (Å²) in [6.45, 7) is 1.95. The topological polar surface area (TPSA) is 0 Å². The molecule has 3 aromatic carbocycles. The quantitative estimate of drug-likeness (QED) is 0.401. The third-order valence-electron chi connectivity index (χ3n) is 3.71. The maximum atomic E-state index is 3.67. The maximum Gasteiger partial charge on any atom is -1.00 e. The predicted octanol–water partition coefficient (Wildman–Crippen LogP) is -0.277. The van der Waals surface area contributed by atoms with Crippen LogP contribution in [0.15, 0.2) is 91.0 Å². The molecule has 0 radical (unpaired) electrons. The first kappa shape index (κ1) is 17.6. The number of hydrogen-bond acceptors (Lipinski definition) is 0. The molecule has 0 saturated carbocycles. The fourth-order valence-electron chi connectivity index (χ4n) is 2.76. The first-order valence-corrected chi connectivity index (χ1v) is 11.1. The van der Waals surface area contributed by atoms with Gasteiger partial charge in [-0.3, -0.25) is 0 Å². The second-order valence-electron chi connectivity index (χ2n) is 5.04. The van der Waals surface area contributed by atoms with E-state index >= 15 is 0 Å². The fraction of sp³-hybridized carbons (Fsp3) is 0.0476. The fourth-order valence-corrected chi connectivity index (χ4v) is 10.1. The molecule has 0 fully saturated rings. The standard InChI is InChI=1S/C21H18As.BrH/c1-2-18-22(19-12-6-3-7-13-19,20-14-8-4-9-15-20)21-16-10-5-11-17-21;/h3-17H,1H3;1H/q+1;/p-1. The van der Waals surface area contributed by atoms with E-state index in [2.05, 4.69) is 102 Å². The first-order valence-electron chi connectivity index (χ1n) is 7.38. The summed E-state index contributed by atoms with van der Waals surface area (Å²) in [4.78, 5) is 0. The third kappa shape index (κ3) is 3.45. The molecule has 0 aliphatic rings. The monoisotopic (exact) mass is 424 g/mol. The Morgan fingerprint density at radius 1 is 0.565 bits per heavy atom. The number of rotatable bonds is 3. The molecule has 0 heterocycles. The minimum Gasteiger partial charge on any atom is -1.00 e. The second-order valence-corrected chi connectivity index (χ2v) is 11.6. The minimum atomic E-state index is -2.73. The molecule has 0 unspecified atom stereocenters. The van der Waals surface area contributed by atoms with Crippen LogP contribution in [0.5, 0.6) is 0 Å². The van der Waals surface area contributed by atoms with Gasteiger partial charge < -0.3 is 17.0 Å². The van der Waals surface area contributed by atoms with Gasteiger partial charge >= 0.3 is 135 Å². The van der Waals surface area contributed by atoms with Gasteiger partial charge in [0.1, 0.15) is 0 Å². The molecule has 0 N–H and O–H groups in total. The van der Waals surface area contributed by atoms with Crippen molar-refractivity contribution in [2.45, 2.75) is 6.92 Å². The Kier molecular flexibility index (Phi) is 6.28. The number of halogens is 1. The Labute approximate surface area is 151 Å². The van der Waals surface area contributed by atoms with E-state index < -0.39 is 13.6 Å². The largest absolute Gasteiger partial charge is 1.00 e. The van der Waals surface area contributed by atoms with Crippen molar-refractivity contribution in [2.75, 3.05) is 0 Å². The zero-order chi connectivity index (χ0) is 15.3. The molecule has 3 aromatic rings. The minimum absolute atomic E-state index is 0. The van der Waals surface area contributed by atoms with Crippen LogP contribution in [0.3, 0.4) is 0 Å². The first-order chi connectivity index (χ1) is 10.9. The van der Waals surface area contributed by atoms with Gasteiger partial charge in [0.15, 0.2) is 0 Å². The second kappa shape index (κ2) is 8.21. The Morgan fingerprint density at radius 3 is 1.13 bits per heavy atom. The van der Waals surface area contributed by atoms with E-state index in [0.29, 0.717) is 0 Å². The van der Waals surface area contributed by atoms with Gasteiger partial charge in [-0.05, 0) is 0 Å². The van der Waals surface area contributed by atoms with E-state index in [4.69, 9.17) is 0 Å². The molecule has 0 bridgehead atoms. The molecule has 2 heteroatoms. The van der Waals surface area contributed by atoms with E-state index in [-0.39, 0.29) is 17.0 Å². The molecular weight excluding hydrogens is 407 g/mol. The van der Waals surface area contributed by atoms with Gasteiger partial charge in [0.05, 0.1) is 0 Å². The molecule has 0 aliphatic heterocycles. The van der Waals surface area contributed by atoms with E-state index in [0.717, 1.165) is 0 Å². The average molecular weight is 425 g/mol. The van der Waals surface area contributed by atoms with Crippen LogP contribution in [0, 0.1) is 10.6 Å². The van der Waals surface area contributed by atoms with Gasteiger partial charge in [-0.1, -0.05) is 0 Å². The van der Waals surface area contributed by atoms with Crippen LogP contribution < -0.4 is 30.0 Å². The predicted molar refractivity (Wildman–Crippen MR) is 97.4 cm³/mol. The van der Waals surface area contributed by atoms with Crippen LogP contribution >= 0.6 is 0 Å². The molecule has 3 rings (SSSR count). The molecule has 0 aliphatic carbocycles. The van der Waals surface area contributed by atoms with Gasteiger partial charge in [0.25, 0.3) is 0 Å². The zero-order valence-corrected chi connectivity index (χ0v) is 16.4. The average Bonchev–Trinajstić information content (AvgIpc) is 2.62. The SMILES string of the molecule is CC#C[As+](c1ccccc1)(c1ccccc1)c1ccccc1.[Br-]. The van der Waals surface area contributed by atoms with Crippen molar-refractivity contribution in [3.8, 4) is 10.6 Å². The molecule has 0 spiro atoms. The summed E-state index contributed by atoms with van der Waals surface area (Å²) in [5.74, 6) is 3.23. The Balaban J connectivity index is 0.00000192. The molecule has 0 amide bonds. The van der Waals surface area contributed by atoms with Crippen molar-refractivity contribution in [3.63, 3.8) is 0 Å². The molecule has 0 aromatic heterocycles. The zero-order valence-electron chi connectivity index (χ0n) is 13.0. The third-order valence-corrected chi connectivity index (χ3v) is 11.6. The Morgan fingerprint density at radius 2 is 0.870 bits per heavy atom. The Bertz CT molecular complexity index is 690. The van der Waals surface area contributed by atoms with Crippen molar-refractivity contribution >= 4 is 26.6 Å². The molecule has 0 atom stereocenters. The van der Waals surface area contributed by atoms with Crippen molar-refractivity contribution in [1.29, 1.82) is 0 Å². The van der Waals surface area contributed by atoms with Gasteiger partial charge in [0, 0.05) is 0 Å². The number of hydrogen-bond donors (Lipinski definition) is 0. The summed E-state index contributed by atoms with van der Waals surface area (Å²) in [6, 6.07) is 32.3. The number of benzene rings is 3. The van der Waals surface area contributed by atoms with Crippen molar-refractivity contribution < 1.29 is 17.0 Å². The van der Waals surface area contributed by atoms with E-state index in [1.54, 1.807) is 0 Å². The van der Waals surface area contributed by atoms with Crippen LogP contribution in [-0.4, -0.2) is 13.6 Å². The van der Waals surface area contributed by atoms with E-state index in [1.165, 1.54) is 13.1 Å². The van der Waals surface area contributed by atoms with Crippen molar-refractivity contribution in [1.82, 2.24) is 0 Å². The van der Waals surface area contributed by atoms with Crippen LogP contribution in [0.2, 0.25) is 0 Å². The summed E-state index contributed by atoms with van der Waals surface area (Å²) in [5, 5.41) is 0. The summed E-state index contributed by atoms with van der Waals surface area (Å²) in [5.41, 5.74) is 0. The van der Waals surface area contributed by atoms with Crippen LogP contribution in [0.4, 0.5) is 0 Å².